The fraction of sp³-hybridized carbons (Fsp3) is 0.381. The van der Waals surface area contributed by atoms with Crippen molar-refractivity contribution in [2.75, 3.05) is 36.1 Å². The SMILES string of the molecule is COc1ccc(N(C(C)C(=O)Nc2ccc(S(=O)(=O)N3CCCC3)cc2)S(C)(=O)=O)cc1Cl. The summed E-state index contributed by atoms with van der Waals surface area (Å²) in [4.78, 5) is 13.0. The van der Waals surface area contributed by atoms with E-state index in [-0.39, 0.29) is 15.6 Å². The highest BCUT2D eigenvalue weighted by Gasteiger charge is 2.30. The first-order chi connectivity index (χ1) is 15.4. The first kappa shape index (κ1) is 25.3. The normalized spacial score (nSPS) is 15.8. The zero-order valence-corrected chi connectivity index (χ0v) is 20.9. The van der Waals surface area contributed by atoms with Crippen molar-refractivity contribution in [2.24, 2.45) is 0 Å². The van der Waals surface area contributed by atoms with Gasteiger partial charge in [0.25, 0.3) is 0 Å². The van der Waals surface area contributed by atoms with Gasteiger partial charge in [0.2, 0.25) is 26.0 Å². The number of rotatable bonds is 8. The predicted molar refractivity (Wildman–Crippen MR) is 128 cm³/mol. The summed E-state index contributed by atoms with van der Waals surface area (Å²) < 4.78 is 57.7. The molecule has 33 heavy (non-hydrogen) atoms. The molecule has 3 rings (SSSR count). The van der Waals surface area contributed by atoms with Crippen LogP contribution in [-0.2, 0) is 24.8 Å². The van der Waals surface area contributed by atoms with Gasteiger partial charge >= 0.3 is 0 Å². The lowest BCUT2D eigenvalue weighted by Crippen LogP contribution is -2.45. The van der Waals surface area contributed by atoms with Crippen molar-refractivity contribution in [3.8, 4) is 5.75 Å². The number of benzene rings is 2. The number of sulfonamides is 2. The smallest absolute Gasteiger partial charge is 0.247 e. The molecule has 1 atom stereocenters. The molecule has 1 saturated heterocycles. The minimum absolute atomic E-state index is 0.140. The number of nitrogens with one attached hydrogen (secondary N) is 1. The summed E-state index contributed by atoms with van der Waals surface area (Å²) in [7, 11) is -5.97. The lowest BCUT2D eigenvalue weighted by Gasteiger charge is -2.28. The van der Waals surface area contributed by atoms with Crippen molar-refractivity contribution in [1.82, 2.24) is 4.31 Å². The maximum Gasteiger partial charge on any atom is 0.247 e. The second-order valence-corrected chi connectivity index (χ2v) is 11.9. The number of hydrogen-bond acceptors (Lipinski definition) is 6. The Kier molecular flexibility index (Phi) is 7.57. The van der Waals surface area contributed by atoms with Crippen LogP contribution in [0.25, 0.3) is 0 Å². The molecule has 2 aromatic rings. The molecule has 0 spiro atoms. The number of amides is 1. The van der Waals surface area contributed by atoms with E-state index in [0.717, 1.165) is 23.4 Å². The van der Waals surface area contributed by atoms with Gasteiger partial charge in [-0.25, -0.2) is 16.8 Å². The minimum atomic E-state index is -3.84. The molecule has 0 aliphatic carbocycles. The standard InChI is InChI=1S/C21H26ClN3O6S2/c1-15(25(32(3,27)28)17-8-11-20(31-2)19(22)14-17)21(26)23-16-6-9-18(10-7-16)33(29,30)24-12-4-5-13-24/h6-11,14-15H,4-5,12-13H2,1-3H3,(H,23,26). The maximum absolute atomic E-state index is 12.9. The number of carbonyl (C=O) groups excluding carboxylic acids is 1. The van der Waals surface area contributed by atoms with Crippen molar-refractivity contribution in [3.05, 3.63) is 47.5 Å². The Bertz CT molecular complexity index is 1230. The highest BCUT2D eigenvalue weighted by molar-refractivity contribution is 7.92. The van der Waals surface area contributed by atoms with E-state index in [9.17, 15) is 21.6 Å². The molecule has 9 nitrogen and oxygen atoms in total. The van der Waals surface area contributed by atoms with Crippen LogP contribution in [0.5, 0.6) is 5.75 Å². The largest absolute Gasteiger partial charge is 0.495 e. The lowest BCUT2D eigenvalue weighted by atomic mass is 10.2. The maximum atomic E-state index is 12.9. The number of nitrogens with zero attached hydrogens (tertiary/aromatic N) is 2. The second-order valence-electron chi connectivity index (χ2n) is 7.68. The van der Waals surface area contributed by atoms with Gasteiger partial charge in [0.1, 0.15) is 11.8 Å². The van der Waals surface area contributed by atoms with E-state index in [1.54, 1.807) is 0 Å². The van der Waals surface area contributed by atoms with E-state index >= 15 is 0 Å². The third kappa shape index (κ3) is 5.60. The van der Waals surface area contributed by atoms with Crippen molar-refractivity contribution in [3.63, 3.8) is 0 Å². The summed E-state index contributed by atoms with van der Waals surface area (Å²) in [6, 6.07) is 9.09. The molecule has 0 radical (unpaired) electrons. The summed E-state index contributed by atoms with van der Waals surface area (Å²) in [6.07, 6.45) is 2.66. The first-order valence-corrected chi connectivity index (χ1v) is 13.9. The summed E-state index contributed by atoms with van der Waals surface area (Å²) >= 11 is 6.14. The molecule has 0 bridgehead atoms. The first-order valence-electron chi connectivity index (χ1n) is 10.2. The van der Waals surface area contributed by atoms with E-state index in [0.29, 0.717) is 24.5 Å². The Morgan fingerprint density at radius 2 is 1.70 bits per heavy atom. The predicted octanol–water partition coefficient (Wildman–Crippen LogP) is 2.93. The fourth-order valence-electron chi connectivity index (χ4n) is 3.64. The zero-order chi connectivity index (χ0) is 24.4. The van der Waals surface area contributed by atoms with Crippen LogP contribution < -0.4 is 14.4 Å². The Morgan fingerprint density at radius 1 is 1.09 bits per heavy atom. The number of halogens is 1. The van der Waals surface area contributed by atoms with Gasteiger partial charge in [-0.15, -0.1) is 0 Å². The molecular formula is C21H26ClN3O6S2. The van der Waals surface area contributed by atoms with E-state index in [4.69, 9.17) is 16.3 Å². The molecule has 12 heteroatoms. The number of hydrogen-bond donors (Lipinski definition) is 1. The minimum Gasteiger partial charge on any atom is -0.495 e. The van der Waals surface area contributed by atoms with E-state index in [1.165, 1.54) is 60.8 Å². The van der Waals surface area contributed by atoms with E-state index < -0.39 is 32.0 Å². The molecule has 1 fully saturated rings. The fourth-order valence-corrected chi connectivity index (χ4v) is 6.57. The molecule has 2 aromatic carbocycles. The number of methoxy groups -OCH3 is 1. The molecule has 1 amide bonds. The molecular weight excluding hydrogens is 490 g/mol. The van der Waals surface area contributed by atoms with Gasteiger partial charge in [-0.05, 0) is 62.2 Å². The van der Waals surface area contributed by atoms with Gasteiger partial charge in [0.05, 0.1) is 29.0 Å². The van der Waals surface area contributed by atoms with Crippen LogP contribution in [0.1, 0.15) is 19.8 Å². The second kappa shape index (κ2) is 9.88. The third-order valence-corrected chi connectivity index (χ3v) is 8.75. The Labute approximate surface area is 199 Å². The number of ether oxygens (including phenoxy) is 1. The van der Waals surface area contributed by atoms with E-state index in [2.05, 4.69) is 5.32 Å². The van der Waals surface area contributed by atoms with Crippen molar-refractivity contribution in [2.45, 2.75) is 30.7 Å². The van der Waals surface area contributed by atoms with Crippen LogP contribution >= 0.6 is 11.6 Å². The summed E-state index contributed by atoms with van der Waals surface area (Å²) in [5, 5.41) is 2.84. The number of anilines is 2. The Balaban J connectivity index is 1.79. The molecule has 0 aromatic heterocycles. The molecule has 0 saturated carbocycles. The topological polar surface area (TPSA) is 113 Å². The zero-order valence-electron chi connectivity index (χ0n) is 18.5. The molecule has 1 heterocycles. The average Bonchev–Trinajstić information content (AvgIpc) is 3.29. The van der Waals surface area contributed by atoms with Gasteiger partial charge < -0.3 is 10.1 Å². The van der Waals surface area contributed by atoms with Gasteiger partial charge in [0, 0.05) is 18.8 Å². The van der Waals surface area contributed by atoms with Crippen molar-refractivity contribution < 1.29 is 26.4 Å². The lowest BCUT2D eigenvalue weighted by molar-refractivity contribution is -0.116. The molecule has 1 unspecified atom stereocenters. The third-order valence-electron chi connectivity index (χ3n) is 5.30. The van der Waals surface area contributed by atoms with Crippen molar-refractivity contribution >= 4 is 48.9 Å². The van der Waals surface area contributed by atoms with Crippen molar-refractivity contribution in [1.29, 1.82) is 0 Å². The monoisotopic (exact) mass is 515 g/mol. The van der Waals surface area contributed by atoms with E-state index in [1.807, 2.05) is 0 Å². The molecule has 1 aliphatic rings. The molecule has 1 aliphatic heterocycles. The summed E-state index contributed by atoms with van der Waals surface area (Å²) in [6.45, 7) is 2.44. The van der Waals surface area contributed by atoms with Crippen LogP contribution in [-0.4, -0.2) is 59.5 Å². The highest BCUT2D eigenvalue weighted by atomic mass is 35.5. The highest BCUT2D eigenvalue weighted by Crippen LogP contribution is 2.31. The molecule has 180 valence electrons. The number of carbonyl (C=O) groups is 1. The van der Waals surface area contributed by atoms with Gasteiger partial charge in [-0.2, -0.15) is 4.31 Å². The van der Waals surface area contributed by atoms with Crippen LogP contribution in [0, 0.1) is 0 Å². The average molecular weight is 516 g/mol. The van der Waals surface area contributed by atoms with Gasteiger partial charge in [-0.3, -0.25) is 9.10 Å². The summed E-state index contributed by atoms with van der Waals surface area (Å²) in [5.41, 5.74) is 0.548. The van der Waals surface area contributed by atoms with Crippen LogP contribution in [0.4, 0.5) is 11.4 Å². The van der Waals surface area contributed by atoms with Crippen LogP contribution in [0.3, 0.4) is 0 Å². The quantitative estimate of drug-likeness (QED) is 0.578. The Hall–Kier alpha value is -2.34. The van der Waals surface area contributed by atoms with Gasteiger partial charge in [0.15, 0.2) is 0 Å². The van der Waals surface area contributed by atoms with Crippen LogP contribution in [0.2, 0.25) is 5.02 Å². The molecule has 1 N–H and O–H groups in total. The Morgan fingerprint density at radius 3 is 2.21 bits per heavy atom. The summed E-state index contributed by atoms with van der Waals surface area (Å²) in [5.74, 6) is -0.225. The van der Waals surface area contributed by atoms with Gasteiger partial charge in [-0.1, -0.05) is 11.6 Å². The van der Waals surface area contributed by atoms with Crippen LogP contribution in [0.15, 0.2) is 47.4 Å².